The van der Waals surface area contributed by atoms with Gasteiger partial charge in [0.25, 0.3) is 0 Å². The molecule has 2 rings (SSSR count). The van der Waals surface area contributed by atoms with E-state index >= 15 is 0 Å². The lowest BCUT2D eigenvalue weighted by atomic mass is 10.1. The Balaban J connectivity index is 1.91. The molecular formula is C14H19N3O2S. The third kappa shape index (κ3) is 4.04. The van der Waals surface area contributed by atoms with Crippen molar-refractivity contribution in [1.29, 1.82) is 5.26 Å². The van der Waals surface area contributed by atoms with Gasteiger partial charge in [-0.3, -0.25) is 0 Å². The molecule has 0 spiro atoms. The largest absolute Gasteiger partial charge is 0.302 e. The second-order valence-electron chi connectivity index (χ2n) is 4.94. The molecule has 0 unspecified atom stereocenters. The van der Waals surface area contributed by atoms with Crippen LogP contribution in [0.25, 0.3) is 0 Å². The van der Waals surface area contributed by atoms with E-state index in [9.17, 15) is 8.42 Å². The van der Waals surface area contributed by atoms with Crippen LogP contribution < -0.4 is 4.72 Å². The molecule has 0 radical (unpaired) electrons. The van der Waals surface area contributed by atoms with Crippen molar-refractivity contribution in [2.45, 2.75) is 24.2 Å². The third-order valence-corrected chi connectivity index (χ3v) is 4.90. The summed E-state index contributed by atoms with van der Waals surface area (Å²) in [5.41, 5.74) is 0.351. The van der Waals surface area contributed by atoms with Gasteiger partial charge in [0.05, 0.1) is 16.5 Å². The van der Waals surface area contributed by atoms with Crippen molar-refractivity contribution in [2.75, 3.05) is 26.2 Å². The van der Waals surface area contributed by atoms with Crippen LogP contribution in [0, 0.1) is 11.3 Å². The number of rotatable bonds is 5. The molecule has 1 aromatic rings. The Morgan fingerprint density at radius 3 is 2.70 bits per heavy atom. The number of nitrogens with zero attached hydrogens (tertiary/aromatic N) is 2. The van der Waals surface area contributed by atoms with Gasteiger partial charge in [-0.2, -0.15) is 5.26 Å². The van der Waals surface area contributed by atoms with Gasteiger partial charge in [-0.15, -0.1) is 0 Å². The fraction of sp³-hybridized carbons (Fsp3) is 0.500. The molecule has 1 aromatic carbocycles. The van der Waals surface area contributed by atoms with Crippen LogP contribution in [0.5, 0.6) is 0 Å². The summed E-state index contributed by atoms with van der Waals surface area (Å²) in [6.07, 6.45) is 3.65. The van der Waals surface area contributed by atoms with E-state index in [0.29, 0.717) is 12.1 Å². The van der Waals surface area contributed by atoms with Crippen molar-refractivity contribution in [2.24, 2.45) is 0 Å². The van der Waals surface area contributed by atoms with Crippen LogP contribution >= 0.6 is 0 Å². The number of sulfonamides is 1. The molecule has 6 heteroatoms. The highest BCUT2D eigenvalue weighted by atomic mass is 32.2. The van der Waals surface area contributed by atoms with Crippen LogP contribution in [-0.4, -0.2) is 39.5 Å². The Morgan fingerprint density at radius 1 is 1.25 bits per heavy atom. The second kappa shape index (κ2) is 6.84. The maximum absolute atomic E-state index is 12.1. The van der Waals surface area contributed by atoms with Crippen LogP contribution in [0.2, 0.25) is 0 Å². The number of hydrogen-bond donors (Lipinski definition) is 1. The summed E-state index contributed by atoms with van der Waals surface area (Å²) in [5, 5.41) is 8.80. The van der Waals surface area contributed by atoms with Crippen LogP contribution in [0.3, 0.4) is 0 Å². The molecule has 1 saturated heterocycles. The lowest BCUT2D eigenvalue weighted by molar-refractivity contribution is 0.233. The third-order valence-electron chi connectivity index (χ3n) is 3.44. The monoisotopic (exact) mass is 293 g/mol. The van der Waals surface area contributed by atoms with Crippen molar-refractivity contribution in [1.82, 2.24) is 9.62 Å². The van der Waals surface area contributed by atoms with Gasteiger partial charge >= 0.3 is 0 Å². The molecule has 1 heterocycles. The Bertz CT molecular complexity index is 587. The second-order valence-corrected chi connectivity index (χ2v) is 6.71. The van der Waals surface area contributed by atoms with Gasteiger partial charge in [-0.1, -0.05) is 12.5 Å². The first-order valence-corrected chi connectivity index (χ1v) is 8.32. The van der Waals surface area contributed by atoms with E-state index < -0.39 is 10.0 Å². The lowest BCUT2D eigenvalue weighted by Gasteiger charge is -2.26. The van der Waals surface area contributed by atoms with Gasteiger partial charge in [0.2, 0.25) is 10.0 Å². The minimum absolute atomic E-state index is 0.148. The van der Waals surface area contributed by atoms with Gasteiger partial charge in [-0.25, -0.2) is 13.1 Å². The van der Waals surface area contributed by atoms with Crippen molar-refractivity contribution in [3.05, 3.63) is 29.8 Å². The molecule has 1 N–H and O–H groups in total. The molecule has 20 heavy (non-hydrogen) atoms. The Kier molecular flexibility index (Phi) is 5.12. The highest BCUT2D eigenvalue weighted by Gasteiger charge is 2.15. The molecule has 0 aliphatic carbocycles. The lowest BCUT2D eigenvalue weighted by Crippen LogP contribution is -2.37. The molecule has 5 nitrogen and oxygen atoms in total. The van der Waals surface area contributed by atoms with E-state index in [1.807, 2.05) is 6.07 Å². The summed E-state index contributed by atoms with van der Waals surface area (Å²) in [6, 6.07) is 8.01. The van der Waals surface area contributed by atoms with Crippen LogP contribution in [-0.2, 0) is 10.0 Å². The summed E-state index contributed by atoms with van der Waals surface area (Å²) >= 11 is 0. The topological polar surface area (TPSA) is 73.2 Å². The molecule has 108 valence electrons. The smallest absolute Gasteiger partial charge is 0.240 e. The molecule has 1 aliphatic rings. The predicted octanol–water partition coefficient (Wildman–Crippen LogP) is 1.32. The Labute approximate surface area is 120 Å². The summed E-state index contributed by atoms with van der Waals surface area (Å²) in [6.45, 7) is 3.23. The summed E-state index contributed by atoms with van der Waals surface area (Å²) < 4.78 is 26.8. The molecule has 0 atom stereocenters. The maximum Gasteiger partial charge on any atom is 0.240 e. The van der Waals surface area contributed by atoms with E-state index in [0.717, 1.165) is 19.6 Å². The molecule has 0 aromatic heterocycles. The van der Waals surface area contributed by atoms with Crippen molar-refractivity contribution in [3.8, 4) is 6.07 Å². The average Bonchev–Trinajstić information content (AvgIpc) is 2.48. The number of likely N-dealkylation sites (tertiary alicyclic amines) is 1. The summed E-state index contributed by atoms with van der Waals surface area (Å²) in [7, 11) is -3.52. The highest BCUT2D eigenvalue weighted by Crippen LogP contribution is 2.11. The summed E-state index contributed by atoms with van der Waals surface area (Å²) in [4.78, 5) is 2.42. The molecule has 0 amide bonds. The highest BCUT2D eigenvalue weighted by molar-refractivity contribution is 7.89. The number of nitriles is 1. The van der Waals surface area contributed by atoms with Gasteiger partial charge in [-0.05, 0) is 44.1 Å². The molecular weight excluding hydrogens is 274 g/mol. The van der Waals surface area contributed by atoms with Gasteiger partial charge < -0.3 is 4.90 Å². The number of benzene rings is 1. The van der Waals surface area contributed by atoms with E-state index in [4.69, 9.17) is 5.26 Å². The fourth-order valence-electron chi connectivity index (χ4n) is 2.34. The fourth-order valence-corrected chi connectivity index (χ4v) is 3.40. The van der Waals surface area contributed by atoms with Gasteiger partial charge in [0.15, 0.2) is 0 Å². The zero-order chi connectivity index (χ0) is 14.4. The molecule has 0 bridgehead atoms. The van der Waals surface area contributed by atoms with E-state index in [2.05, 4.69) is 9.62 Å². The standard InChI is InChI=1S/C14H19N3O2S/c15-12-13-5-4-6-14(11-13)20(18,19)16-7-10-17-8-2-1-3-9-17/h4-6,11,16H,1-3,7-10H2. The van der Waals surface area contributed by atoms with E-state index in [-0.39, 0.29) is 4.90 Å². The SMILES string of the molecule is N#Cc1cccc(S(=O)(=O)NCCN2CCCCC2)c1. The molecule has 0 saturated carbocycles. The van der Waals surface area contributed by atoms with Gasteiger partial charge in [0.1, 0.15) is 0 Å². The van der Waals surface area contributed by atoms with Crippen molar-refractivity contribution < 1.29 is 8.42 Å². The quantitative estimate of drug-likeness (QED) is 0.888. The normalized spacial score (nSPS) is 16.8. The first kappa shape index (κ1) is 15.0. The summed E-state index contributed by atoms with van der Waals surface area (Å²) in [5.74, 6) is 0. The first-order chi connectivity index (χ1) is 9.62. The Hall–Kier alpha value is -1.42. The predicted molar refractivity (Wildman–Crippen MR) is 76.6 cm³/mol. The Morgan fingerprint density at radius 2 is 2.00 bits per heavy atom. The number of piperidine rings is 1. The van der Waals surface area contributed by atoms with Crippen molar-refractivity contribution >= 4 is 10.0 Å². The number of nitrogens with one attached hydrogen (secondary N) is 1. The van der Waals surface area contributed by atoms with E-state index in [1.54, 1.807) is 12.1 Å². The van der Waals surface area contributed by atoms with Gasteiger partial charge in [0, 0.05) is 13.1 Å². The first-order valence-electron chi connectivity index (χ1n) is 6.84. The van der Waals surface area contributed by atoms with Crippen molar-refractivity contribution in [3.63, 3.8) is 0 Å². The molecule has 1 aliphatic heterocycles. The van der Waals surface area contributed by atoms with E-state index in [1.165, 1.54) is 31.4 Å². The average molecular weight is 293 g/mol. The maximum atomic E-state index is 12.1. The minimum atomic E-state index is -3.52. The van der Waals surface area contributed by atoms with Crippen LogP contribution in [0.4, 0.5) is 0 Å². The van der Waals surface area contributed by atoms with Crippen LogP contribution in [0.1, 0.15) is 24.8 Å². The zero-order valence-electron chi connectivity index (χ0n) is 11.4. The minimum Gasteiger partial charge on any atom is -0.302 e. The zero-order valence-corrected chi connectivity index (χ0v) is 12.2. The molecule has 1 fully saturated rings. The van der Waals surface area contributed by atoms with Crippen LogP contribution in [0.15, 0.2) is 29.2 Å². The number of hydrogen-bond acceptors (Lipinski definition) is 4.